The smallest absolute Gasteiger partial charge is 0.374 e. The number of hydrogen-bond acceptors (Lipinski definition) is 5. The molecule has 2 fully saturated rings. The Hall–Kier alpha value is -0.470. The van der Waals surface area contributed by atoms with Gasteiger partial charge in [0.15, 0.2) is 10.8 Å². The summed E-state index contributed by atoms with van der Waals surface area (Å²) in [7, 11) is 0. The third kappa shape index (κ3) is 3.07. The van der Waals surface area contributed by atoms with Gasteiger partial charge in [-0.25, -0.2) is 4.98 Å². The van der Waals surface area contributed by atoms with E-state index < -0.39 is 11.9 Å². The summed E-state index contributed by atoms with van der Waals surface area (Å²) in [6.07, 6.45) is -1.68. The van der Waals surface area contributed by atoms with Crippen LogP contribution in [0, 0.1) is 0 Å². The third-order valence-corrected chi connectivity index (χ3v) is 5.68. The van der Waals surface area contributed by atoms with Gasteiger partial charge in [0.1, 0.15) is 0 Å². The summed E-state index contributed by atoms with van der Waals surface area (Å²) < 4.78 is 43.4. The molecule has 8 heteroatoms. The molecule has 1 aromatic heterocycles. The lowest BCUT2D eigenvalue weighted by molar-refractivity contribution is -0.140. The Morgan fingerprint density at radius 1 is 1.45 bits per heavy atom. The van der Waals surface area contributed by atoms with E-state index in [2.05, 4.69) is 10.3 Å². The van der Waals surface area contributed by atoms with E-state index >= 15 is 0 Å². The Bertz CT molecular complexity index is 472. The number of ether oxygens (including phenoxy) is 1. The molecule has 1 spiro atoms. The van der Waals surface area contributed by atoms with Crippen molar-refractivity contribution in [3.63, 3.8) is 0 Å². The first kappa shape index (κ1) is 14.5. The Morgan fingerprint density at radius 2 is 2.30 bits per heavy atom. The zero-order chi connectivity index (χ0) is 14.2. The maximum atomic E-state index is 12.5. The van der Waals surface area contributed by atoms with Crippen LogP contribution in [0.2, 0.25) is 0 Å². The minimum Gasteiger partial charge on any atom is -0.374 e. The minimum atomic E-state index is -4.37. The quantitative estimate of drug-likeness (QED) is 0.901. The molecule has 20 heavy (non-hydrogen) atoms. The van der Waals surface area contributed by atoms with Gasteiger partial charge in [-0.1, -0.05) is 0 Å². The zero-order valence-electron chi connectivity index (χ0n) is 10.7. The van der Waals surface area contributed by atoms with Crippen LogP contribution in [0.1, 0.15) is 25.0 Å². The number of thioether (sulfide) groups is 1. The predicted octanol–water partition coefficient (Wildman–Crippen LogP) is 3.63. The van der Waals surface area contributed by atoms with E-state index in [-0.39, 0.29) is 11.6 Å². The van der Waals surface area contributed by atoms with Gasteiger partial charge < -0.3 is 10.1 Å². The Morgan fingerprint density at radius 3 is 2.95 bits per heavy atom. The molecule has 2 aliphatic heterocycles. The van der Waals surface area contributed by atoms with E-state index in [4.69, 9.17) is 4.74 Å². The average Bonchev–Trinajstić information content (AvgIpc) is 2.99. The number of hydrogen-bond donors (Lipinski definition) is 1. The first-order valence-electron chi connectivity index (χ1n) is 6.48. The number of aromatic nitrogens is 1. The molecule has 0 bridgehead atoms. The van der Waals surface area contributed by atoms with Gasteiger partial charge in [0.25, 0.3) is 0 Å². The highest BCUT2D eigenvalue weighted by atomic mass is 32.2. The number of halogens is 3. The second-order valence-electron chi connectivity index (χ2n) is 5.20. The fourth-order valence-electron chi connectivity index (χ4n) is 2.66. The number of alkyl halides is 3. The highest BCUT2D eigenvalue weighted by Crippen LogP contribution is 2.39. The van der Waals surface area contributed by atoms with Gasteiger partial charge in [-0.3, -0.25) is 0 Å². The highest BCUT2D eigenvalue weighted by molar-refractivity contribution is 7.99. The van der Waals surface area contributed by atoms with Gasteiger partial charge in [-0.2, -0.15) is 24.9 Å². The molecular weight excluding hydrogens is 309 g/mol. The highest BCUT2D eigenvalue weighted by Gasteiger charge is 2.41. The maximum Gasteiger partial charge on any atom is 0.434 e. The van der Waals surface area contributed by atoms with Crippen molar-refractivity contribution >= 4 is 28.2 Å². The lowest BCUT2D eigenvalue weighted by Crippen LogP contribution is -2.44. The summed E-state index contributed by atoms with van der Waals surface area (Å²) in [5, 5.41) is 4.55. The molecule has 3 nitrogen and oxygen atoms in total. The van der Waals surface area contributed by atoms with Crippen LogP contribution in [0.5, 0.6) is 0 Å². The number of rotatable bonds is 2. The molecule has 0 saturated carbocycles. The van der Waals surface area contributed by atoms with Crippen molar-refractivity contribution in [2.24, 2.45) is 0 Å². The van der Waals surface area contributed by atoms with Crippen molar-refractivity contribution in [3.05, 3.63) is 11.1 Å². The molecular formula is C12H15F3N2OS2. The summed E-state index contributed by atoms with van der Waals surface area (Å²) in [6, 6.07) is 0.148. The van der Waals surface area contributed by atoms with Crippen LogP contribution in [0.4, 0.5) is 18.3 Å². The summed E-state index contributed by atoms with van der Waals surface area (Å²) in [6.45, 7) is 0.662. The van der Waals surface area contributed by atoms with E-state index in [9.17, 15) is 13.2 Å². The number of anilines is 1. The molecule has 1 N–H and O–H groups in total. The predicted molar refractivity (Wildman–Crippen MR) is 74.4 cm³/mol. The van der Waals surface area contributed by atoms with Gasteiger partial charge >= 0.3 is 6.18 Å². The van der Waals surface area contributed by atoms with E-state index in [0.29, 0.717) is 11.7 Å². The molecule has 3 rings (SSSR count). The average molecular weight is 324 g/mol. The number of nitrogens with one attached hydrogen (secondary N) is 1. The second kappa shape index (κ2) is 5.38. The Labute approximate surface area is 123 Å². The van der Waals surface area contributed by atoms with Crippen molar-refractivity contribution in [1.82, 2.24) is 4.98 Å². The van der Waals surface area contributed by atoms with E-state index in [0.717, 1.165) is 47.5 Å². The van der Waals surface area contributed by atoms with Crippen molar-refractivity contribution in [2.45, 2.75) is 37.1 Å². The van der Waals surface area contributed by atoms with Gasteiger partial charge in [0.05, 0.1) is 5.60 Å². The summed E-state index contributed by atoms with van der Waals surface area (Å²) >= 11 is 2.89. The van der Waals surface area contributed by atoms with Crippen LogP contribution in [0.3, 0.4) is 0 Å². The van der Waals surface area contributed by atoms with Crippen LogP contribution < -0.4 is 5.32 Å². The topological polar surface area (TPSA) is 34.1 Å². The standard InChI is InChI=1S/C12H15F3N2OS2/c13-12(14,15)9-6-20-10(17-9)16-8-1-3-18-11(5-8)2-4-19-7-11/h6,8H,1-5,7H2,(H,16,17). The molecule has 2 unspecified atom stereocenters. The molecule has 2 atom stereocenters. The first-order valence-corrected chi connectivity index (χ1v) is 8.51. The molecule has 2 aliphatic rings. The fraction of sp³-hybridized carbons (Fsp3) is 0.750. The van der Waals surface area contributed by atoms with Gasteiger partial charge in [-0.05, 0) is 25.0 Å². The van der Waals surface area contributed by atoms with Gasteiger partial charge in [-0.15, -0.1) is 11.3 Å². The number of thiazole rings is 1. The first-order chi connectivity index (χ1) is 9.47. The third-order valence-electron chi connectivity index (χ3n) is 3.68. The van der Waals surface area contributed by atoms with Gasteiger partial charge in [0, 0.05) is 23.8 Å². The SMILES string of the molecule is FC(F)(F)c1csc(NC2CCOC3(CCSC3)C2)n1. The van der Waals surface area contributed by atoms with Crippen LogP contribution >= 0.6 is 23.1 Å². The molecule has 112 valence electrons. The van der Waals surface area contributed by atoms with Gasteiger partial charge in [0.2, 0.25) is 0 Å². The number of nitrogens with zero attached hydrogens (tertiary/aromatic N) is 1. The van der Waals surface area contributed by atoms with E-state index in [1.807, 2.05) is 11.8 Å². The molecule has 0 amide bonds. The molecule has 2 saturated heterocycles. The normalized spacial score (nSPS) is 30.9. The monoisotopic (exact) mass is 324 g/mol. The largest absolute Gasteiger partial charge is 0.434 e. The second-order valence-corrected chi connectivity index (χ2v) is 7.17. The lowest BCUT2D eigenvalue weighted by Gasteiger charge is -2.37. The van der Waals surface area contributed by atoms with Crippen molar-refractivity contribution < 1.29 is 17.9 Å². The van der Waals surface area contributed by atoms with Crippen molar-refractivity contribution in [1.29, 1.82) is 0 Å². The summed E-state index contributed by atoms with van der Waals surface area (Å²) in [4.78, 5) is 3.63. The lowest BCUT2D eigenvalue weighted by atomic mass is 9.90. The summed E-state index contributed by atoms with van der Waals surface area (Å²) in [5.41, 5.74) is -0.895. The Kier molecular flexibility index (Phi) is 3.89. The Balaban J connectivity index is 1.64. The van der Waals surface area contributed by atoms with Crippen LogP contribution in [0.25, 0.3) is 0 Å². The molecule has 0 radical (unpaired) electrons. The summed E-state index contributed by atoms with van der Waals surface area (Å²) in [5.74, 6) is 2.08. The molecule has 3 heterocycles. The van der Waals surface area contributed by atoms with Crippen LogP contribution in [0.15, 0.2) is 5.38 Å². The van der Waals surface area contributed by atoms with E-state index in [1.165, 1.54) is 0 Å². The molecule has 0 aliphatic carbocycles. The van der Waals surface area contributed by atoms with Crippen LogP contribution in [-0.2, 0) is 10.9 Å². The zero-order valence-corrected chi connectivity index (χ0v) is 12.3. The van der Waals surface area contributed by atoms with Crippen molar-refractivity contribution in [2.75, 3.05) is 23.4 Å². The molecule has 0 aromatic carbocycles. The maximum absolute atomic E-state index is 12.5. The minimum absolute atomic E-state index is 0.0787. The fourth-order valence-corrected chi connectivity index (χ4v) is 4.83. The van der Waals surface area contributed by atoms with E-state index in [1.54, 1.807) is 0 Å². The van der Waals surface area contributed by atoms with Crippen LogP contribution in [-0.4, -0.2) is 34.7 Å². The molecule has 1 aromatic rings. The van der Waals surface area contributed by atoms with Crippen molar-refractivity contribution in [3.8, 4) is 0 Å².